The summed E-state index contributed by atoms with van der Waals surface area (Å²) in [4.78, 5) is 23.8. The zero-order valence-corrected chi connectivity index (χ0v) is 16.8. The van der Waals surface area contributed by atoms with Crippen molar-refractivity contribution in [2.24, 2.45) is 5.92 Å². The van der Waals surface area contributed by atoms with Crippen LogP contribution in [0, 0.1) is 11.7 Å². The van der Waals surface area contributed by atoms with Gasteiger partial charge in [-0.3, -0.25) is 9.59 Å². The summed E-state index contributed by atoms with van der Waals surface area (Å²) in [6, 6.07) is 2.08. The van der Waals surface area contributed by atoms with Crippen LogP contribution in [0.2, 0.25) is 0 Å². The van der Waals surface area contributed by atoms with E-state index in [-0.39, 0.29) is 21.4 Å². The third-order valence-corrected chi connectivity index (χ3v) is 5.83. The van der Waals surface area contributed by atoms with Crippen LogP contribution in [0.3, 0.4) is 0 Å². The number of carbonyl (C=O) groups excluding carboxylic acids is 2. The zero-order chi connectivity index (χ0) is 22.1. The first kappa shape index (κ1) is 22.9. The van der Waals surface area contributed by atoms with Gasteiger partial charge in [-0.1, -0.05) is 6.92 Å². The maximum absolute atomic E-state index is 14.7. The number of alkyl halides is 3. The molecule has 0 saturated heterocycles. The molecule has 0 radical (unpaired) electrons. The molecular weight excluding hydrogens is 444 g/mol. The van der Waals surface area contributed by atoms with Gasteiger partial charge in [-0.25, -0.2) is 4.39 Å². The number of benzene rings is 1. The van der Waals surface area contributed by atoms with Crippen LogP contribution in [0.1, 0.15) is 23.0 Å². The highest BCUT2D eigenvalue weighted by Crippen LogP contribution is 2.42. The first-order valence-corrected chi connectivity index (χ1v) is 9.96. The Bertz CT molecular complexity index is 1060. The van der Waals surface area contributed by atoms with Crippen LogP contribution in [-0.4, -0.2) is 39.9 Å². The molecule has 2 rings (SSSR count). The third-order valence-electron chi connectivity index (χ3n) is 3.75. The third kappa shape index (κ3) is 4.61. The minimum absolute atomic E-state index is 0.00698. The fourth-order valence-electron chi connectivity index (χ4n) is 2.29. The highest BCUT2D eigenvalue weighted by Gasteiger charge is 2.49. The molecule has 1 heterocycles. The lowest BCUT2D eigenvalue weighted by molar-refractivity contribution is -0.144. The molecule has 0 N–H and O–H groups in total. The summed E-state index contributed by atoms with van der Waals surface area (Å²) in [5.74, 6) is -5.26. The van der Waals surface area contributed by atoms with E-state index in [1.165, 1.54) is 6.92 Å². The van der Waals surface area contributed by atoms with Gasteiger partial charge in [0.2, 0.25) is 5.75 Å². The van der Waals surface area contributed by atoms with E-state index >= 15 is 0 Å². The fraction of sp³-hybridized carbons (Fsp3) is 0.375. The normalized spacial score (nSPS) is 13.2. The van der Waals surface area contributed by atoms with E-state index in [0.717, 1.165) is 37.7 Å². The number of hydrogen-bond donors (Lipinski definition) is 0. The summed E-state index contributed by atoms with van der Waals surface area (Å²) in [5, 5.41) is -0.336. The van der Waals surface area contributed by atoms with Crippen molar-refractivity contribution in [3.63, 3.8) is 0 Å². The van der Waals surface area contributed by atoms with E-state index in [0.29, 0.717) is 0 Å². The second-order valence-corrected chi connectivity index (χ2v) is 8.40. The number of hydrogen-bond acceptors (Lipinski definition) is 8. The Morgan fingerprint density at radius 3 is 2.34 bits per heavy atom. The standard InChI is InChI=1S/C16H14F4O7S2/c1-7(15(22)26-3)4-9(21)12-5-8-11(28-12)6-10(25-2)14(13(8)17)27-29(23,24)16(18,19)20/h5-7H,4H2,1-3H3. The number of Topliss-reactive ketones (excluding diaryl/α,β-unsaturated/α-hetero) is 1. The Hall–Kier alpha value is -2.41. The molecule has 0 fully saturated rings. The number of fused-ring (bicyclic) bond motifs is 1. The fourth-order valence-corrected chi connectivity index (χ4v) is 3.79. The molecule has 0 amide bonds. The van der Waals surface area contributed by atoms with Crippen molar-refractivity contribution < 1.29 is 49.2 Å². The Kier molecular flexibility index (Phi) is 6.42. The molecule has 0 aliphatic heterocycles. The summed E-state index contributed by atoms with van der Waals surface area (Å²) >= 11 is 0.794. The maximum atomic E-state index is 14.7. The largest absolute Gasteiger partial charge is 0.534 e. The van der Waals surface area contributed by atoms with Gasteiger partial charge >= 0.3 is 21.6 Å². The van der Waals surface area contributed by atoms with E-state index in [2.05, 4.69) is 8.92 Å². The molecule has 13 heteroatoms. The van der Waals surface area contributed by atoms with Gasteiger partial charge in [0.1, 0.15) is 0 Å². The van der Waals surface area contributed by atoms with E-state index in [1.54, 1.807) is 0 Å². The quantitative estimate of drug-likeness (QED) is 0.205. The topological polar surface area (TPSA) is 96.0 Å². The number of halogens is 4. The molecule has 1 atom stereocenters. The van der Waals surface area contributed by atoms with Crippen molar-refractivity contribution in [3.8, 4) is 11.5 Å². The van der Waals surface area contributed by atoms with Crippen molar-refractivity contribution in [2.45, 2.75) is 18.9 Å². The highest BCUT2D eigenvalue weighted by atomic mass is 32.2. The minimum Gasteiger partial charge on any atom is -0.493 e. The van der Waals surface area contributed by atoms with Crippen molar-refractivity contribution >= 4 is 43.3 Å². The predicted molar refractivity (Wildman–Crippen MR) is 94.1 cm³/mol. The zero-order valence-electron chi connectivity index (χ0n) is 15.1. The number of esters is 1. The number of ether oxygens (including phenoxy) is 2. The van der Waals surface area contributed by atoms with E-state index < -0.39 is 50.6 Å². The van der Waals surface area contributed by atoms with Gasteiger partial charge in [-0.05, 0) is 6.07 Å². The molecule has 29 heavy (non-hydrogen) atoms. The number of rotatable bonds is 7. The van der Waals surface area contributed by atoms with Crippen LogP contribution < -0.4 is 8.92 Å². The van der Waals surface area contributed by atoms with Gasteiger partial charge in [-0.15, -0.1) is 11.3 Å². The lowest BCUT2D eigenvalue weighted by Crippen LogP contribution is -2.28. The van der Waals surface area contributed by atoms with Gasteiger partial charge in [0.25, 0.3) is 0 Å². The Morgan fingerprint density at radius 2 is 1.83 bits per heavy atom. The average molecular weight is 458 g/mol. The molecule has 2 aromatic rings. The molecule has 1 aromatic carbocycles. The van der Waals surface area contributed by atoms with Gasteiger partial charge in [0.15, 0.2) is 17.3 Å². The first-order valence-electron chi connectivity index (χ1n) is 7.74. The van der Waals surface area contributed by atoms with Crippen LogP contribution in [0.5, 0.6) is 11.5 Å². The summed E-state index contributed by atoms with van der Waals surface area (Å²) < 4.78 is 88.2. The number of carbonyl (C=O) groups is 2. The molecule has 1 unspecified atom stereocenters. The summed E-state index contributed by atoms with van der Waals surface area (Å²) in [5.41, 5.74) is -5.78. The van der Waals surface area contributed by atoms with Crippen molar-refractivity contribution in [2.75, 3.05) is 14.2 Å². The lowest BCUT2D eigenvalue weighted by Gasteiger charge is -2.13. The molecular formula is C16H14F4O7S2. The lowest BCUT2D eigenvalue weighted by atomic mass is 10.0. The van der Waals surface area contributed by atoms with Gasteiger partial charge < -0.3 is 13.7 Å². The van der Waals surface area contributed by atoms with Crippen LogP contribution >= 0.6 is 11.3 Å². The second-order valence-electron chi connectivity index (χ2n) is 5.78. The molecule has 0 saturated carbocycles. The van der Waals surface area contributed by atoms with Crippen LogP contribution in [-0.2, 0) is 19.6 Å². The van der Waals surface area contributed by atoms with Crippen LogP contribution in [0.25, 0.3) is 10.1 Å². The Labute approximate surface area is 166 Å². The SMILES string of the molecule is COC(=O)C(C)CC(=O)c1cc2c(F)c(OS(=O)(=O)C(F)(F)F)c(OC)cc2s1. The molecule has 0 aliphatic carbocycles. The molecule has 7 nitrogen and oxygen atoms in total. The van der Waals surface area contributed by atoms with Crippen molar-refractivity contribution in [1.29, 1.82) is 0 Å². The van der Waals surface area contributed by atoms with Crippen molar-refractivity contribution in [3.05, 3.63) is 22.8 Å². The Morgan fingerprint density at radius 1 is 1.21 bits per heavy atom. The van der Waals surface area contributed by atoms with E-state index in [4.69, 9.17) is 4.74 Å². The number of methoxy groups -OCH3 is 2. The summed E-state index contributed by atoms with van der Waals surface area (Å²) in [7, 11) is -4.02. The molecule has 1 aromatic heterocycles. The molecule has 0 spiro atoms. The van der Waals surface area contributed by atoms with E-state index in [9.17, 15) is 35.6 Å². The van der Waals surface area contributed by atoms with Gasteiger partial charge in [0, 0.05) is 22.6 Å². The van der Waals surface area contributed by atoms with E-state index in [1.807, 2.05) is 0 Å². The summed E-state index contributed by atoms with van der Waals surface area (Å²) in [6.07, 6.45) is -0.246. The van der Waals surface area contributed by atoms with Gasteiger partial charge in [-0.2, -0.15) is 21.6 Å². The van der Waals surface area contributed by atoms with Gasteiger partial charge in [0.05, 0.1) is 25.0 Å². The first-order chi connectivity index (χ1) is 13.3. The predicted octanol–water partition coefficient (Wildman–Crippen LogP) is 3.66. The second kappa shape index (κ2) is 8.14. The van der Waals surface area contributed by atoms with Crippen LogP contribution in [0.15, 0.2) is 12.1 Å². The monoisotopic (exact) mass is 458 g/mol. The Balaban J connectivity index is 2.49. The maximum Gasteiger partial charge on any atom is 0.534 e. The average Bonchev–Trinajstić information content (AvgIpc) is 3.06. The molecule has 160 valence electrons. The van der Waals surface area contributed by atoms with Crippen LogP contribution in [0.4, 0.5) is 17.6 Å². The van der Waals surface area contributed by atoms with Crippen molar-refractivity contribution in [1.82, 2.24) is 0 Å². The molecule has 0 bridgehead atoms. The smallest absolute Gasteiger partial charge is 0.493 e. The minimum atomic E-state index is -6.15. The molecule has 0 aliphatic rings. The number of ketones is 1. The summed E-state index contributed by atoms with van der Waals surface area (Å²) in [6.45, 7) is 1.45. The number of thiophene rings is 1. The highest BCUT2D eigenvalue weighted by molar-refractivity contribution is 7.88.